The molecule has 1 fully saturated rings. The van der Waals surface area contributed by atoms with E-state index in [1.54, 1.807) is 0 Å². The molecule has 0 aliphatic heterocycles. The second-order valence-electron chi connectivity index (χ2n) is 15.1. The van der Waals surface area contributed by atoms with Crippen molar-refractivity contribution in [2.24, 2.45) is 0 Å². The van der Waals surface area contributed by atoms with Gasteiger partial charge in [0.05, 0.1) is 0 Å². The Labute approximate surface area is 351 Å². The van der Waals surface area contributed by atoms with Crippen LogP contribution in [0.25, 0.3) is 44.5 Å². The summed E-state index contributed by atoms with van der Waals surface area (Å²) in [6.45, 7) is 0. The molecular weight excluding hydrogens is 721 g/mol. The van der Waals surface area contributed by atoms with Gasteiger partial charge in [-0.15, -0.1) is 0 Å². The maximum atomic E-state index is 3.85. The Morgan fingerprint density at radius 1 is 0.200 bits per heavy atom. The lowest BCUT2D eigenvalue weighted by Crippen LogP contribution is -2.17. The molecule has 60 heavy (non-hydrogen) atoms. The lowest BCUT2D eigenvalue weighted by molar-refractivity contribution is 1.24. The Kier molecular flexibility index (Phi) is 8.74. The van der Waals surface area contributed by atoms with Crippen molar-refractivity contribution in [3.05, 3.63) is 308 Å². The Morgan fingerprint density at radius 3 is 0.650 bits per heavy atom. The molecule has 0 saturated heterocycles. The summed E-state index contributed by atoms with van der Waals surface area (Å²) in [5.41, 5.74) is 37.7. The highest BCUT2D eigenvalue weighted by atomic mass is 14.4. The predicted molar refractivity (Wildman–Crippen MR) is 248 cm³/mol. The summed E-state index contributed by atoms with van der Waals surface area (Å²) in [6, 6.07) is 77.6. The molecule has 0 heterocycles. The topological polar surface area (TPSA) is 0 Å². The van der Waals surface area contributed by atoms with Crippen molar-refractivity contribution in [2.75, 3.05) is 0 Å². The van der Waals surface area contributed by atoms with Gasteiger partial charge in [0.2, 0.25) is 0 Å². The van der Waals surface area contributed by atoms with Gasteiger partial charge in [0.15, 0.2) is 0 Å². The van der Waals surface area contributed by atoms with Gasteiger partial charge in [-0.3, -0.25) is 0 Å². The number of fused-ring (bicyclic) bond motifs is 6. The van der Waals surface area contributed by atoms with E-state index >= 15 is 0 Å². The van der Waals surface area contributed by atoms with E-state index < -0.39 is 0 Å². The Bertz CT molecular complexity index is 2890. The van der Waals surface area contributed by atoms with Crippen molar-refractivity contribution in [3.8, 4) is 22.3 Å². The highest BCUT2D eigenvalue weighted by Gasteiger charge is 2.37. The van der Waals surface area contributed by atoms with Gasteiger partial charge >= 0.3 is 0 Å². The number of hydrogen-bond acceptors (Lipinski definition) is 0. The number of benzene rings is 8. The van der Waals surface area contributed by atoms with Crippen LogP contribution in [-0.2, 0) is 0 Å². The molecule has 8 aromatic carbocycles. The summed E-state index contributed by atoms with van der Waals surface area (Å²) >= 11 is 0. The van der Waals surface area contributed by atoms with E-state index in [-0.39, 0.29) is 0 Å². The molecule has 0 spiro atoms. The van der Waals surface area contributed by atoms with Gasteiger partial charge in [0.25, 0.3) is 0 Å². The van der Waals surface area contributed by atoms with Crippen LogP contribution in [0.1, 0.15) is 44.5 Å². The average Bonchev–Trinajstić information content (AvgIpc) is 3.82. The SMILES string of the molecule is C(=C=C1c2ccccc2-c2ccccc21)=C1C(=C=C=C2c3ccccc3-c3ccccc32)C(=C(c2ccccc2)c2ccccc2)C1=C(c1ccccc1)c1ccccc1. The predicted octanol–water partition coefficient (Wildman–Crippen LogP) is 14.6. The molecule has 0 atom stereocenters. The summed E-state index contributed by atoms with van der Waals surface area (Å²) < 4.78 is 0. The van der Waals surface area contributed by atoms with Crippen molar-refractivity contribution in [3.63, 3.8) is 0 Å². The summed E-state index contributed by atoms with van der Waals surface area (Å²) in [7, 11) is 0. The molecule has 8 aromatic rings. The van der Waals surface area contributed by atoms with Crippen molar-refractivity contribution >= 4 is 22.3 Å². The standard InChI is InChI=1S/C60H36/c1-5-21-41(22-6-1)57(42-23-7-2-8-24-42)59-55(39-37-53-49-33-17-13-29-45(49)46-30-14-18-34-50(46)53)56(60(59)58(43-25-9-3-10-26-43)44-27-11-4-12-28-44)40-38-54-51-35-19-15-31-47(51)48-32-16-20-36-52(48)54/h1-36H. The van der Waals surface area contributed by atoms with Crippen molar-refractivity contribution in [1.82, 2.24) is 0 Å². The Hall–Kier alpha value is -8.16. The van der Waals surface area contributed by atoms with Crippen LogP contribution in [0.2, 0.25) is 0 Å². The van der Waals surface area contributed by atoms with E-state index in [0.717, 1.165) is 89.1 Å². The molecular formula is C60H36. The zero-order valence-corrected chi connectivity index (χ0v) is 32.8. The third-order valence-corrected chi connectivity index (χ3v) is 11.7. The van der Waals surface area contributed by atoms with Crippen molar-refractivity contribution in [2.45, 2.75) is 0 Å². The number of rotatable bonds is 4. The van der Waals surface area contributed by atoms with Crippen molar-refractivity contribution < 1.29 is 0 Å². The fourth-order valence-electron chi connectivity index (χ4n) is 9.07. The van der Waals surface area contributed by atoms with Crippen LogP contribution in [0.15, 0.2) is 264 Å². The molecule has 0 N–H and O–H groups in total. The molecule has 0 radical (unpaired) electrons. The fraction of sp³-hybridized carbons (Fsp3) is 0. The molecule has 1 saturated carbocycles. The molecule has 11 rings (SSSR count). The average molecular weight is 757 g/mol. The fourth-order valence-corrected chi connectivity index (χ4v) is 9.07. The van der Waals surface area contributed by atoms with Gasteiger partial charge in [-0.05, 0) is 77.9 Å². The molecule has 276 valence electrons. The van der Waals surface area contributed by atoms with Gasteiger partial charge in [0.1, 0.15) is 0 Å². The van der Waals surface area contributed by atoms with Crippen LogP contribution in [0.4, 0.5) is 0 Å². The lowest BCUT2D eigenvalue weighted by Gasteiger charge is -2.33. The monoisotopic (exact) mass is 756 g/mol. The quantitative estimate of drug-likeness (QED) is 0.157. The summed E-state index contributed by atoms with van der Waals surface area (Å²) in [5.74, 6) is 0. The zero-order chi connectivity index (χ0) is 39.8. The van der Waals surface area contributed by atoms with Gasteiger partial charge in [-0.1, -0.05) is 241 Å². The smallest absolute Gasteiger partial charge is 0.0497 e. The summed E-state index contributed by atoms with van der Waals surface area (Å²) in [4.78, 5) is 0. The zero-order valence-electron chi connectivity index (χ0n) is 32.8. The van der Waals surface area contributed by atoms with Crippen LogP contribution in [0.5, 0.6) is 0 Å². The number of hydrogen-bond donors (Lipinski definition) is 0. The molecule has 3 aliphatic carbocycles. The third-order valence-electron chi connectivity index (χ3n) is 11.7. The van der Waals surface area contributed by atoms with E-state index in [2.05, 4.69) is 241 Å². The Morgan fingerprint density at radius 2 is 0.400 bits per heavy atom. The van der Waals surface area contributed by atoms with E-state index in [1.165, 1.54) is 22.3 Å². The second-order valence-corrected chi connectivity index (χ2v) is 15.1. The first-order chi connectivity index (χ1) is 29.8. The minimum Gasteiger partial charge on any atom is -0.0622 e. The highest BCUT2D eigenvalue weighted by Crippen LogP contribution is 2.54. The van der Waals surface area contributed by atoms with Gasteiger partial charge in [-0.25, -0.2) is 0 Å². The normalized spacial score (nSPS) is 12.9. The first-order valence-electron chi connectivity index (χ1n) is 20.5. The van der Waals surface area contributed by atoms with Crippen LogP contribution >= 0.6 is 0 Å². The second kappa shape index (κ2) is 15.0. The van der Waals surface area contributed by atoms with Gasteiger partial charge in [-0.2, -0.15) is 0 Å². The van der Waals surface area contributed by atoms with Crippen LogP contribution < -0.4 is 0 Å². The summed E-state index contributed by atoms with van der Waals surface area (Å²) in [5, 5.41) is 0. The third kappa shape index (κ3) is 5.91. The van der Waals surface area contributed by atoms with Crippen molar-refractivity contribution in [1.29, 1.82) is 0 Å². The van der Waals surface area contributed by atoms with Gasteiger partial charge < -0.3 is 0 Å². The minimum atomic E-state index is 0.944. The largest absolute Gasteiger partial charge is 0.0622 e. The highest BCUT2D eigenvalue weighted by molar-refractivity contribution is 6.05. The van der Waals surface area contributed by atoms with Gasteiger partial charge in [0, 0.05) is 33.4 Å². The molecule has 0 bridgehead atoms. The molecule has 0 heteroatoms. The maximum Gasteiger partial charge on any atom is 0.0497 e. The number of allylic oxidation sites excluding steroid dienone is 4. The summed E-state index contributed by atoms with van der Waals surface area (Å²) in [6.07, 6.45) is 0. The minimum absolute atomic E-state index is 0.944. The van der Waals surface area contributed by atoms with Crippen LogP contribution in [0.3, 0.4) is 0 Å². The lowest BCUT2D eigenvalue weighted by atomic mass is 9.67. The molecule has 0 amide bonds. The Balaban J connectivity index is 1.35. The first-order valence-corrected chi connectivity index (χ1v) is 20.5. The molecule has 0 aromatic heterocycles. The van der Waals surface area contributed by atoms with Crippen LogP contribution in [-0.4, -0.2) is 0 Å². The van der Waals surface area contributed by atoms with E-state index in [0.29, 0.717) is 0 Å². The van der Waals surface area contributed by atoms with Crippen LogP contribution in [0, 0.1) is 0 Å². The maximum absolute atomic E-state index is 3.85. The molecule has 0 nitrogen and oxygen atoms in total. The van der Waals surface area contributed by atoms with E-state index in [4.69, 9.17) is 0 Å². The van der Waals surface area contributed by atoms with E-state index in [1.807, 2.05) is 0 Å². The van der Waals surface area contributed by atoms with E-state index in [9.17, 15) is 0 Å². The molecule has 3 aliphatic rings. The first kappa shape index (κ1) is 35.0. The molecule has 0 unspecified atom stereocenters.